The molecule has 3 N–H and O–H groups in total. The zero-order chi connectivity index (χ0) is 8.72. The third kappa shape index (κ3) is 1.08. The zero-order valence-corrected chi connectivity index (χ0v) is 7.81. The Balaban J connectivity index is 2.59. The maximum atomic E-state index is 11.0. The van der Waals surface area contributed by atoms with E-state index < -0.39 is 0 Å². The molecule has 62 valence electrons. The molecule has 0 atom stereocenters. The molecule has 2 rings (SSSR count). The van der Waals surface area contributed by atoms with Crippen LogP contribution in [-0.2, 0) is 11.2 Å². The van der Waals surface area contributed by atoms with Crippen molar-refractivity contribution in [2.45, 2.75) is 6.42 Å². The van der Waals surface area contributed by atoms with Gasteiger partial charge in [-0.2, -0.15) is 0 Å². The normalized spacial score (nSPS) is 14.2. The highest BCUT2D eigenvalue weighted by atomic mass is 79.9. The Kier molecular flexibility index (Phi) is 1.58. The summed E-state index contributed by atoms with van der Waals surface area (Å²) in [5.74, 6) is 0.0244. The van der Waals surface area contributed by atoms with E-state index in [-0.39, 0.29) is 5.91 Å². The highest BCUT2D eigenvalue weighted by molar-refractivity contribution is 9.10. The molecular formula is C8H7BrN2O. The molecule has 0 radical (unpaired) electrons. The summed E-state index contributed by atoms with van der Waals surface area (Å²) < 4.78 is 0.850. The summed E-state index contributed by atoms with van der Waals surface area (Å²) in [6.07, 6.45) is 0.430. The molecule has 0 bridgehead atoms. The van der Waals surface area contributed by atoms with Crippen LogP contribution in [-0.4, -0.2) is 5.91 Å². The van der Waals surface area contributed by atoms with Crippen molar-refractivity contribution in [1.82, 2.24) is 0 Å². The van der Waals surface area contributed by atoms with Crippen LogP contribution >= 0.6 is 15.9 Å². The lowest BCUT2D eigenvalue weighted by molar-refractivity contribution is -0.115. The first-order chi connectivity index (χ1) is 5.66. The fraction of sp³-hybridized carbons (Fsp3) is 0.125. The smallest absolute Gasteiger partial charge is 0.228 e. The molecule has 1 aromatic rings. The second-order valence-electron chi connectivity index (χ2n) is 2.76. The molecular weight excluding hydrogens is 220 g/mol. The second kappa shape index (κ2) is 2.48. The van der Waals surface area contributed by atoms with Gasteiger partial charge in [-0.3, -0.25) is 4.79 Å². The first-order valence-corrected chi connectivity index (χ1v) is 4.34. The Morgan fingerprint density at radius 1 is 1.50 bits per heavy atom. The Morgan fingerprint density at radius 3 is 3.00 bits per heavy atom. The number of carbonyl (C=O) groups is 1. The monoisotopic (exact) mass is 226 g/mol. The molecule has 12 heavy (non-hydrogen) atoms. The van der Waals surface area contributed by atoms with Crippen LogP contribution in [0, 0.1) is 0 Å². The number of hydrogen-bond donors (Lipinski definition) is 2. The Morgan fingerprint density at radius 2 is 2.25 bits per heavy atom. The summed E-state index contributed by atoms with van der Waals surface area (Å²) >= 11 is 3.33. The molecule has 0 saturated heterocycles. The van der Waals surface area contributed by atoms with E-state index in [2.05, 4.69) is 21.2 Å². The molecule has 0 saturated carbocycles. The molecule has 0 aliphatic carbocycles. The van der Waals surface area contributed by atoms with Crippen LogP contribution < -0.4 is 11.1 Å². The number of rotatable bonds is 0. The number of anilines is 2. The number of carbonyl (C=O) groups excluding carboxylic acids is 1. The van der Waals surface area contributed by atoms with Gasteiger partial charge in [0.15, 0.2) is 0 Å². The third-order valence-electron chi connectivity index (χ3n) is 1.81. The van der Waals surface area contributed by atoms with Crippen molar-refractivity contribution in [1.29, 1.82) is 0 Å². The van der Waals surface area contributed by atoms with Crippen LogP contribution in [0.1, 0.15) is 5.56 Å². The fourth-order valence-electron chi connectivity index (χ4n) is 1.32. The molecule has 1 amide bonds. The highest BCUT2D eigenvalue weighted by Gasteiger charge is 2.19. The average molecular weight is 227 g/mol. The van der Waals surface area contributed by atoms with Gasteiger partial charge in [-0.1, -0.05) is 0 Å². The molecule has 1 aliphatic rings. The number of nitrogen functional groups attached to an aromatic ring is 1. The zero-order valence-electron chi connectivity index (χ0n) is 6.23. The van der Waals surface area contributed by atoms with Crippen molar-refractivity contribution >= 4 is 33.2 Å². The van der Waals surface area contributed by atoms with E-state index in [1.54, 1.807) is 6.07 Å². The van der Waals surface area contributed by atoms with Gasteiger partial charge in [-0.05, 0) is 33.6 Å². The van der Waals surface area contributed by atoms with Gasteiger partial charge in [0.05, 0.1) is 12.1 Å². The molecule has 0 unspecified atom stereocenters. The summed E-state index contributed by atoms with van der Waals surface area (Å²) in [7, 11) is 0. The number of hydrogen-bond acceptors (Lipinski definition) is 2. The summed E-state index contributed by atoms with van der Waals surface area (Å²) in [5, 5.41) is 2.75. The van der Waals surface area contributed by atoms with Gasteiger partial charge in [0.1, 0.15) is 0 Å². The summed E-state index contributed by atoms with van der Waals surface area (Å²) in [4.78, 5) is 11.0. The Labute approximate surface area is 78.1 Å². The van der Waals surface area contributed by atoms with Gasteiger partial charge in [0.2, 0.25) is 5.91 Å². The predicted octanol–water partition coefficient (Wildman–Crippen LogP) is 1.53. The lowest BCUT2D eigenvalue weighted by Crippen LogP contribution is -2.03. The van der Waals surface area contributed by atoms with Gasteiger partial charge in [-0.25, -0.2) is 0 Å². The SMILES string of the molecule is Nc1cc(Br)c2c(c1)CC(=O)N2. The number of nitrogens with two attached hydrogens (primary N) is 1. The first-order valence-electron chi connectivity index (χ1n) is 3.54. The largest absolute Gasteiger partial charge is 0.399 e. The molecule has 4 heteroatoms. The predicted molar refractivity (Wildman–Crippen MR) is 50.9 cm³/mol. The van der Waals surface area contributed by atoms with Crippen LogP contribution in [0.15, 0.2) is 16.6 Å². The number of nitrogens with one attached hydrogen (secondary N) is 1. The van der Waals surface area contributed by atoms with Crippen molar-refractivity contribution in [3.05, 3.63) is 22.2 Å². The van der Waals surface area contributed by atoms with Crippen LogP contribution in [0.2, 0.25) is 0 Å². The number of benzene rings is 1. The lowest BCUT2D eigenvalue weighted by Gasteiger charge is -2.02. The average Bonchev–Trinajstić information content (AvgIpc) is 2.29. The summed E-state index contributed by atoms with van der Waals surface area (Å²) in [5.41, 5.74) is 8.11. The Hall–Kier alpha value is -1.03. The number of amides is 1. The van der Waals surface area contributed by atoms with E-state index in [9.17, 15) is 4.79 Å². The van der Waals surface area contributed by atoms with Gasteiger partial charge in [0, 0.05) is 10.2 Å². The molecule has 1 heterocycles. The quantitative estimate of drug-likeness (QED) is 0.660. The fourth-order valence-corrected chi connectivity index (χ4v) is 1.94. The topological polar surface area (TPSA) is 55.1 Å². The van der Waals surface area contributed by atoms with E-state index in [1.165, 1.54) is 0 Å². The standard InChI is InChI=1S/C8H7BrN2O/c9-6-3-5(10)1-4-2-7(12)11-8(4)6/h1,3H,2,10H2,(H,11,12). The van der Waals surface area contributed by atoms with Crippen LogP contribution in [0.4, 0.5) is 11.4 Å². The van der Waals surface area contributed by atoms with Crippen molar-refractivity contribution in [2.24, 2.45) is 0 Å². The number of halogens is 1. The molecule has 0 aromatic heterocycles. The minimum Gasteiger partial charge on any atom is -0.399 e. The lowest BCUT2D eigenvalue weighted by atomic mass is 10.1. The Bertz CT molecular complexity index is 362. The first kappa shape index (κ1) is 7.61. The van der Waals surface area contributed by atoms with E-state index in [0.29, 0.717) is 12.1 Å². The second-order valence-corrected chi connectivity index (χ2v) is 3.62. The minimum absolute atomic E-state index is 0.0244. The van der Waals surface area contributed by atoms with Crippen LogP contribution in [0.25, 0.3) is 0 Å². The van der Waals surface area contributed by atoms with E-state index in [1.807, 2.05) is 6.07 Å². The van der Waals surface area contributed by atoms with E-state index in [4.69, 9.17) is 5.73 Å². The molecule has 0 fully saturated rings. The molecule has 1 aliphatic heterocycles. The van der Waals surface area contributed by atoms with Crippen molar-refractivity contribution in [3.63, 3.8) is 0 Å². The van der Waals surface area contributed by atoms with E-state index >= 15 is 0 Å². The minimum atomic E-state index is 0.0244. The van der Waals surface area contributed by atoms with Gasteiger partial charge in [-0.15, -0.1) is 0 Å². The number of fused-ring (bicyclic) bond motifs is 1. The molecule has 1 aromatic carbocycles. The van der Waals surface area contributed by atoms with Gasteiger partial charge in [0.25, 0.3) is 0 Å². The maximum absolute atomic E-state index is 11.0. The third-order valence-corrected chi connectivity index (χ3v) is 2.44. The van der Waals surface area contributed by atoms with Gasteiger partial charge >= 0.3 is 0 Å². The molecule has 0 spiro atoms. The van der Waals surface area contributed by atoms with Crippen LogP contribution in [0.5, 0.6) is 0 Å². The maximum Gasteiger partial charge on any atom is 0.228 e. The van der Waals surface area contributed by atoms with Crippen molar-refractivity contribution in [3.8, 4) is 0 Å². The summed E-state index contributed by atoms with van der Waals surface area (Å²) in [6.45, 7) is 0. The van der Waals surface area contributed by atoms with E-state index in [0.717, 1.165) is 15.7 Å². The van der Waals surface area contributed by atoms with Crippen molar-refractivity contribution < 1.29 is 4.79 Å². The highest BCUT2D eigenvalue weighted by Crippen LogP contribution is 2.33. The van der Waals surface area contributed by atoms with Crippen LogP contribution in [0.3, 0.4) is 0 Å². The van der Waals surface area contributed by atoms with Gasteiger partial charge < -0.3 is 11.1 Å². The molecule has 3 nitrogen and oxygen atoms in total. The van der Waals surface area contributed by atoms with Crippen molar-refractivity contribution in [2.75, 3.05) is 11.1 Å². The summed E-state index contributed by atoms with van der Waals surface area (Å²) in [6, 6.07) is 3.60.